The fraction of sp³-hybridized carbons (Fsp3) is 0.368. The average Bonchev–Trinajstić information content (AvgIpc) is 2.89. The lowest BCUT2D eigenvalue weighted by molar-refractivity contribution is 0.0365. The summed E-state index contributed by atoms with van der Waals surface area (Å²) in [5.41, 5.74) is 0.778. The number of nitrogens with zero attached hydrogens (tertiary/aromatic N) is 3. The smallest absolute Gasteiger partial charge is 0.256 e. The van der Waals surface area contributed by atoms with Gasteiger partial charge in [0.15, 0.2) is 0 Å². The van der Waals surface area contributed by atoms with Crippen molar-refractivity contribution in [3.05, 3.63) is 53.3 Å². The van der Waals surface area contributed by atoms with E-state index in [-0.39, 0.29) is 36.2 Å². The van der Waals surface area contributed by atoms with Gasteiger partial charge in [-0.2, -0.15) is 4.31 Å². The second-order valence-electron chi connectivity index (χ2n) is 7.15. The van der Waals surface area contributed by atoms with E-state index >= 15 is 0 Å². The van der Waals surface area contributed by atoms with Gasteiger partial charge < -0.3 is 9.64 Å². The molecular weight excluding hydrogens is 385 g/mol. The molecule has 1 saturated heterocycles. The predicted molar refractivity (Wildman–Crippen MR) is 99.2 cm³/mol. The Morgan fingerprint density at radius 1 is 1.29 bits per heavy atom. The molecule has 2 aromatic rings. The summed E-state index contributed by atoms with van der Waals surface area (Å²) in [6.45, 7) is 3.11. The number of piperazine rings is 1. The van der Waals surface area contributed by atoms with Crippen LogP contribution in [0.3, 0.4) is 0 Å². The molecule has 0 aliphatic carbocycles. The topological polar surface area (TPSA) is 79.8 Å². The maximum absolute atomic E-state index is 13.3. The van der Waals surface area contributed by atoms with Crippen molar-refractivity contribution in [3.63, 3.8) is 0 Å². The van der Waals surface area contributed by atoms with Gasteiger partial charge in [0.05, 0.1) is 21.7 Å². The summed E-state index contributed by atoms with van der Waals surface area (Å²) in [5.74, 6) is 0.154. The molecule has 1 amide bonds. The van der Waals surface area contributed by atoms with Crippen LogP contribution in [0.15, 0.2) is 41.4 Å². The van der Waals surface area contributed by atoms with Crippen molar-refractivity contribution in [2.75, 3.05) is 26.5 Å². The number of carbonyl (C=O) groups excluding carboxylic acids is 1. The molecule has 148 valence electrons. The molecule has 2 aliphatic rings. The Labute approximate surface area is 162 Å². The zero-order valence-corrected chi connectivity index (χ0v) is 16.4. The standard InChI is InChI=1S/C19H20FN3O4S/c1-13-10-14(27-12-20)5-6-16(13)28(25,26)22-8-9-23-18(24)15-4-3-7-21-17(15)19(23,2)11-22/h3-7,10H,8-9,11-12H2,1-2H3. The maximum atomic E-state index is 13.3. The van der Waals surface area contributed by atoms with E-state index in [1.54, 1.807) is 30.2 Å². The molecule has 2 aliphatic heterocycles. The first-order valence-electron chi connectivity index (χ1n) is 8.86. The number of sulfonamides is 1. The summed E-state index contributed by atoms with van der Waals surface area (Å²) in [6.07, 6.45) is 1.61. The van der Waals surface area contributed by atoms with E-state index in [0.717, 1.165) is 0 Å². The highest BCUT2D eigenvalue weighted by atomic mass is 32.2. The van der Waals surface area contributed by atoms with Gasteiger partial charge >= 0.3 is 0 Å². The van der Waals surface area contributed by atoms with E-state index in [9.17, 15) is 17.6 Å². The quantitative estimate of drug-likeness (QED) is 0.778. The number of amides is 1. The SMILES string of the molecule is Cc1cc(OCF)ccc1S(=O)(=O)N1CCN2C(=O)c3cccnc3C2(C)C1. The number of fused-ring (bicyclic) bond motifs is 3. The Hall–Kier alpha value is -2.52. The number of hydrogen-bond acceptors (Lipinski definition) is 5. The lowest BCUT2D eigenvalue weighted by Gasteiger charge is -2.44. The number of aryl methyl sites for hydroxylation is 1. The van der Waals surface area contributed by atoms with Gasteiger partial charge in [-0.1, -0.05) is 0 Å². The average molecular weight is 405 g/mol. The highest BCUT2D eigenvalue weighted by Gasteiger charge is 2.52. The summed E-state index contributed by atoms with van der Waals surface area (Å²) in [7, 11) is -3.80. The molecular formula is C19H20FN3O4S. The van der Waals surface area contributed by atoms with Crippen molar-refractivity contribution in [3.8, 4) is 5.75 Å². The van der Waals surface area contributed by atoms with Gasteiger partial charge in [-0.3, -0.25) is 9.78 Å². The molecule has 1 atom stereocenters. The lowest BCUT2D eigenvalue weighted by atomic mass is 9.95. The minimum absolute atomic E-state index is 0.118. The van der Waals surface area contributed by atoms with Crippen molar-refractivity contribution >= 4 is 15.9 Å². The van der Waals surface area contributed by atoms with Gasteiger partial charge in [0, 0.05) is 25.8 Å². The molecule has 0 spiro atoms. The maximum Gasteiger partial charge on any atom is 0.256 e. The molecule has 0 bridgehead atoms. The van der Waals surface area contributed by atoms with Crippen LogP contribution in [0, 0.1) is 6.92 Å². The predicted octanol–water partition coefficient (Wildman–Crippen LogP) is 2.07. The van der Waals surface area contributed by atoms with Crippen LogP contribution in [-0.4, -0.2) is 55.0 Å². The summed E-state index contributed by atoms with van der Waals surface area (Å²) in [6, 6.07) is 7.79. The number of alkyl halides is 1. The Morgan fingerprint density at radius 2 is 2.07 bits per heavy atom. The summed E-state index contributed by atoms with van der Waals surface area (Å²) < 4.78 is 45.1. The van der Waals surface area contributed by atoms with Crippen LogP contribution in [0.5, 0.6) is 5.75 Å². The molecule has 3 heterocycles. The number of aromatic nitrogens is 1. The summed E-state index contributed by atoms with van der Waals surface area (Å²) >= 11 is 0. The fourth-order valence-electron chi connectivity index (χ4n) is 4.06. The Kier molecular flexibility index (Phi) is 4.39. The molecule has 1 unspecified atom stereocenters. The minimum Gasteiger partial charge on any atom is -0.463 e. The Balaban J connectivity index is 1.69. The van der Waals surface area contributed by atoms with E-state index in [0.29, 0.717) is 16.8 Å². The number of benzene rings is 1. The molecule has 7 nitrogen and oxygen atoms in total. The first kappa shape index (κ1) is 18.8. The van der Waals surface area contributed by atoms with Gasteiger partial charge in [-0.05, 0) is 49.7 Å². The van der Waals surface area contributed by atoms with E-state index in [1.165, 1.54) is 22.5 Å². The summed E-state index contributed by atoms with van der Waals surface area (Å²) in [4.78, 5) is 18.9. The first-order valence-corrected chi connectivity index (χ1v) is 10.3. The molecule has 1 aromatic heterocycles. The van der Waals surface area contributed by atoms with Crippen LogP contribution in [0.1, 0.15) is 28.5 Å². The number of halogens is 1. The molecule has 1 aromatic carbocycles. The normalized spacial score (nSPS) is 22.1. The van der Waals surface area contributed by atoms with Gasteiger partial charge in [-0.15, -0.1) is 0 Å². The van der Waals surface area contributed by atoms with Gasteiger partial charge in [0.2, 0.25) is 16.9 Å². The van der Waals surface area contributed by atoms with Crippen molar-refractivity contribution in [1.29, 1.82) is 0 Å². The van der Waals surface area contributed by atoms with Crippen LogP contribution in [-0.2, 0) is 15.6 Å². The van der Waals surface area contributed by atoms with E-state index in [4.69, 9.17) is 4.74 Å². The van der Waals surface area contributed by atoms with E-state index < -0.39 is 22.4 Å². The molecule has 0 radical (unpaired) electrons. The number of ether oxygens (including phenoxy) is 1. The highest BCUT2D eigenvalue weighted by molar-refractivity contribution is 7.89. The first-order chi connectivity index (χ1) is 13.3. The van der Waals surface area contributed by atoms with Crippen LogP contribution in [0.2, 0.25) is 0 Å². The van der Waals surface area contributed by atoms with Gasteiger partial charge in [0.25, 0.3) is 5.91 Å². The fourth-order valence-corrected chi connectivity index (χ4v) is 5.78. The Bertz CT molecular complexity index is 1060. The third-order valence-corrected chi connectivity index (χ3v) is 7.44. The lowest BCUT2D eigenvalue weighted by Crippen LogP contribution is -2.58. The largest absolute Gasteiger partial charge is 0.463 e. The molecule has 9 heteroatoms. The second kappa shape index (κ2) is 6.52. The second-order valence-corrected chi connectivity index (χ2v) is 9.06. The van der Waals surface area contributed by atoms with Gasteiger partial charge in [0.1, 0.15) is 5.75 Å². The number of pyridine rings is 1. The van der Waals surface area contributed by atoms with E-state index in [2.05, 4.69) is 4.98 Å². The monoisotopic (exact) mass is 405 g/mol. The van der Waals surface area contributed by atoms with Crippen molar-refractivity contribution in [2.45, 2.75) is 24.3 Å². The zero-order chi connectivity index (χ0) is 20.1. The van der Waals surface area contributed by atoms with Crippen LogP contribution >= 0.6 is 0 Å². The minimum atomic E-state index is -3.80. The molecule has 0 N–H and O–H groups in total. The Morgan fingerprint density at radius 3 is 2.79 bits per heavy atom. The van der Waals surface area contributed by atoms with Crippen molar-refractivity contribution in [2.24, 2.45) is 0 Å². The van der Waals surface area contributed by atoms with Crippen LogP contribution in [0.4, 0.5) is 4.39 Å². The van der Waals surface area contributed by atoms with Gasteiger partial charge in [-0.25, -0.2) is 12.8 Å². The summed E-state index contributed by atoms with van der Waals surface area (Å²) in [5, 5.41) is 0. The van der Waals surface area contributed by atoms with Crippen molar-refractivity contribution < 1.29 is 22.3 Å². The number of carbonyl (C=O) groups is 1. The molecule has 28 heavy (non-hydrogen) atoms. The highest BCUT2D eigenvalue weighted by Crippen LogP contribution is 2.41. The zero-order valence-electron chi connectivity index (χ0n) is 15.6. The third-order valence-electron chi connectivity index (χ3n) is 5.43. The van der Waals surface area contributed by atoms with Crippen LogP contribution < -0.4 is 4.74 Å². The number of rotatable bonds is 4. The molecule has 0 saturated carbocycles. The third kappa shape index (κ3) is 2.68. The molecule has 1 fully saturated rings. The van der Waals surface area contributed by atoms with E-state index in [1.807, 2.05) is 6.92 Å². The number of hydrogen-bond donors (Lipinski definition) is 0. The van der Waals surface area contributed by atoms with Crippen LogP contribution in [0.25, 0.3) is 0 Å². The van der Waals surface area contributed by atoms with Crippen molar-refractivity contribution in [1.82, 2.24) is 14.2 Å². The molecule has 4 rings (SSSR count).